The largest absolute Gasteiger partial charge is 0.496 e. The minimum Gasteiger partial charge on any atom is -0.496 e. The molecule has 2 aromatic carbocycles. The van der Waals surface area contributed by atoms with Crippen LogP contribution in [-0.2, 0) is 6.54 Å². The highest BCUT2D eigenvalue weighted by Crippen LogP contribution is 2.18. The summed E-state index contributed by atoms with van der Waals surface area (Å²) in [7, 11) is 1.61. The van der Waals surface area contributed by atoms with Crippen molar-refractivity contribution in [2.45, 2.75) is 6.54 Å². The van der Waals surface area contributed by atoms with Crippen LogP contribution in [0.5, 0.6) is 5.75 Å². The summed E-state index contributed by atoms with van der Waals surface area (Å²) in [5, 5.41) is 5.55. The predicted octanol–water partition coefficient (Wildman–Crippen LogP) is 3.49. The molecule has 2 N–H and O–H groups in total. The fraction of sp³-hybridized carbons (Fsp3) is 0.105. The van der Waals surface area contributed by atoms with Crippen molar-refractivity contribution in [1.29, 1.82) is 0 Å². The highest BCUT2D eigenvalue weighted by atomic mass is 19.1. The summed E-state index contributed by atoms with van der Waals surface area (Å²) in [4.78, 5) is 20.4. The van der Waals surface area contributed by atoms with Crippen molar-refractivity contribution < 1.29 is 13.9 Å². The summed E-state index contributed by atoms with van der Waals surface area (Å²) >= 11 is 0. The second kappa shape index (κ2) is 8.06. The van der Waals surface area contributed by atoms with Crippen molar-refractivity contribution in [3.8, 4) is 5.75 Å². The van der Waals surface area contributed by atoms with Crippen LogP contribution in [-0.4, -0.2) is 23.0 Å². The van der Waals surface area contributed by atoms with Gasteiger partial charge in [0.2, 0.25) is 5.95 Å². The first-order valence-corrected chi connectivity index (χ1v) is 7.91. The zero-order chi connectivity index (χ0) is 18.4. The molecule has 0 saturated heterocycles. The summed E-state index contributed by atoms with van der Waals surface area (Å²) < 4.78 is 18.9. The molecule has 0 saturated carbocycles. The van der Waals surface area contributed by atoms with E-state index in [-0.39, 0.29) is 11.3 Å². The molecule has 1 aromatic heterocycles. The molecule has 7 heteroatoms. The number of benzene rings is 2. The molecule has 26 heavy (non-hydrogen) atoms. The van der Waals surface area contributed by atoms with Crippen molar-refractivity contribution in [3.05, 3.63) is 77.9 Å². The number of halogens is 1. The molecule has 6 nitrogen and oxygen atoms in total. The molecule has 132 valence electrons. The number of carbonyl (C=O) groups is 1. The normalized spacial score (nSPS) is 10.2. The van der Waals surface area contributed by atoms with Crippen LogP contribution >= 0.6 is 0 Å². The number of nitrogens with one attached hydrogen (secondary N) is 2. The zero-order valence-electron chi connectivity index (χ0n) is 14.1. The first-order chi connectivity index (χ1) is 12.7. The Morgan fingerprint density at radius 2 is 1.77 bits per heavy atom. The van der Waals surface area contributed by atoms with E-state index >= 15 is 0 Å². The van der Waals surface area contributed by atoms with Gasteiger partial charge in [-0.15, -0.1) is 0 Å². The number of methoxy groups -OCH3 is 1. The Morgan fingerprint density at radius 1 is 1.08 bits per heavy atom. The second-order valence-electron chi connectivity index (χ2n) is 5.39. The number of hydrogen-bond donors (Lipinski definition) is 2. The van der Waals surface area contributed by atoms with Crippen LogP contribution in [0, 0.1) is 5.82 Å². The second-order valence-corrected chi connectivity index (χ2v) is 5.39. The molecule has 3 aromatic rings. The van der Waals surface area contributed by atoms with Crippen LogP contribution in [0.2, 0.25) is 0 Å². The minimum absolute atomic E-state index is 0.107. The smallest absolute Gasteiger partial charge is 0.258 e. The van der Waals surface area contributed by atoms with Crippen molar-refractivity contribution in [2.75, 3.05) is 17.7 Å². The van der Waals surface area contributed by atoms with Crippen LogP contribution in [0.4, 0.5) is 16.0 Å². The van der Waals surface area contributed by atoms with Crippen molar-refractivity contribution >= 4 is 17.5 Å². The first-order valence-electron chi connectivity index (χ1n) is 7.91. The van der Waals surface area contributed by atoms with Gasteiger partial charge in [-0.2, -0.15) is 0 Å². The first kappa shape index (κ1) is 17.3. The van der Waals surface area contributed by atoms with Gasteiger partial charge in [-0.3, -0.25) is 4.79 Å². The topological polar surface area (TPSA) is 76.1 Å². The van der Waals surface area contributed by atoms with Gasteiger partial charge in [0.25, 0.3) is 5.91 Å². The quantitative estimate of drug-likeness (QED) is 0.710. The van der Waals surface area contributed by atoms with Crippen LogP contribution in [0.25, 0.3) is 0 Å². The van der Waals surface area contributed by atoms with Gasteiger partial charge in [0.05, 0.1) is 18.4 Å². The molecular formula is C19H17FN4O2. The van der Waals surface area contributed by atoms with E-state index in [0.29, 0.717) is 12.5 Å². The highest BCUT2D eigenvalue weighted by molar-refractivity contribution is 6.03. The van der Waals surface area contributed by atoms with Crippen LogP contribution < -0.4 is 15.4 Å². The van der Waals surface area contributed by atoms with Gasteiger partial charge < -0.3 is 15.4 Å². The number of rotatable bonds is 6. The maximum Gasteiger partial charge on any atom is 0.258 e. The Morgan fingerprint density at radius 3 is 2.50 bits per heavy atom. The van der Waals surface area contributed by atoms with Crippen LogP contribution in [0.3, 0.4) is 0 Å². The molecule has 0 atom stereocenters. The number of hydrogen-bond acceptors (Lipinski definition) is 5. The third-order valence-electron chi connectivity index (χ3n) is 3.67. The molecule has 0 aliphatic heterocycles. The Balaban J connectivity index is 1.63. The van der Waals surface area contributed by atoms with Crippen molar-refractivity contribution in [1.82, 2.24) is 9.97 Å². The molecule has 0 bridgehead atoms. The lowest BCUT2D eigenvalue weighted by atomic mass is 10.2. The number of anilines is 2. The van der Waals surface area contributed by atoms with E-state index in [1.807, 2.05) is 24.3 Å². The number of para-hydroxylation sites is 2. The average molecular weight is 352 g/mol. The SMILES string of the molecule is COc1ccccc1CNc1ncc(C(=O)Nc2ccccc2F)cn1. The summed E-state index contributed by atoms with van der Waals surface area (Å²) in [6.45, 7) is 0.477. The molecule has 0 spiro atoms. The lowest BCUT2D eigenvalue weighted by Crippen LogP contribution is -2.14. The monoisotopic (exact) mass is 352 g/mol. The molecule has 0 radical (unpaired) electrons. The number of amides is 1. The third-order valence-corrected chi connectivity index (χ3v) is 3.67. The standard InChI is InChI=1S/C19H17FN4O2/c1-26-17-9-5-2-6-13(17)10-21-19-22-11-14(12-23-19)18(25)24-16-8-4-3-7-15(16)20/h2-9,11-12H,10H2,1H3,(H,24,25)(H,21,22,23). The van der Waals surface area contributed by atoms with Gasteiger partial charge in [0.1, 0.15) is 11.6 Å². The molecule has 1 heterocycles. The molecule has 0 fully saturated rings. The van der Waals surface area contributed by atoms with Crippen molar-refractivity contribution in [3.63, 3.8) is 0 Å². The van der Waals surface area contributed by atoms with Gasteiger partial charge in [0, 0.05) is 24.5 Å². The summed E-state index contributed by atoms with van der Waals surface area (Å²) in [6, 6.07) is 13.6. The minimum atomic E-state index is -0.503. The average Bonchev–Trinajstić information content (AvgIpc) is 2.68. The maximum atomic E-state index is 13.6. The van der Waals surface area contributed by atoms with Gasteiger partial charge >= 0.3 is 0 Å². The third kappa shape index (κ3) is 4.13. The fourth-order valence-electron chi connectivity index (χ4n) is 2.32. The van der Waals surface area contributed by atoms with Gasteiger partial charge in [0.15, 0.2) is 0 Å². The van der Waals surface area contributed by atoms with Gasteiger partial charge in [-0.05, 0) is 18.2 Å². The van der Waals surface area contributed by atoms with Gasteiger partial charge in [-0.25, -0.2) is 14.4 Å². The van der Waals surface area contributed by atoms with E-state index in [1.165, 1.54) is 24.5 Å². The van der Waals surface area contributed by atoms with E-state index in [9.17, 15) is 9.18 Å². The molecule has 0 aliphatic carbocycles. The van der Waals surface area contributed by atoms with E-state index in [0.717, 1.165) is 11.3 Å². The van der Waals surface area contributed by atoms with Crippen LogP contribution in [0.15, 0.2) is 60.9 Å². The lowest BCUT2D eigenvalue weighted by molar-refractivity contribution is 0.102. The van der Waals surface area contributed by atoms with Crippen molar-refractivity contribution in [2.24, 2.45) is 0 Å². The number of nitrogens with zero attached hydrogens (tertiary/aromatic N) is 2. The lowest BCUT2D eigenvalue weighted by Gasteiger charge is -2.10. The predicted molar refractivity (Wildman–Crippen MR) is 96.7 cm³/mol. The summed E-state index contributed by atoms with van der Waals surface area (Å²) in [6.07, 6.45) is 2.77. The number of ether oxygens (including phenoxy) is 1. The van der Waals surface area contributed by atoms with E-state index in [1.54, 1.807) is 19.2 Å². The molecule has 0 unspecified atom stereocenters. The Labute approximate surface area is 150 Å². The van der Waals surface area contributed by atoms with E-state index < -0.39 is 11.7 Å². The Bertz CT molecular complexity index is 900. The molecule has 3 rings (SSSR count). The maximum absolute atomic E-state index is 13.6. The molecular weight excluding hydrogens is 335 g/mol. The highest BCUT2D eigenvalue weighted by Gasteiger charge is 2.10. The van der Waals surface area contributed by atoms with E-state index in [4.69, 9.17) is 4.74 Å². The molecule has 1 amide bonds. The number of carbonyl (C=O) groups excluding carboxylic acids is 1. The summed E-state index contributed by atoms with van der Waals surface area (Å²) in [5.74, 6) is 0.155. The van der Waals surface area contributed by atoms with Crippen LogP contribution in [0.1, 0.15) is 15.9 Å². The Kier molecular flexibility index (Phi) is 5.38. The van der Waals surface area contributed by atoms with Gasteiger partial charge in [-0.1, -0.05) is 30.3 Å². The fourth-order valence-corrected chi connectivity index (χ4v) is 2.32. The zero-order valence-corrected chi connectivity index (χ0v) is 14.1. The number of aromatic nitrogens is 2. The molecule has 0 aliphatic rings. The summed E-state index contributed by atoms with van der Waals surface area (Å²) in [5.41, 5.74) is 1.30. The van der Waals surface area contributed by atoms with E-state index in [2.05, 4.69) is 20.6 Å². The Hall–Kier alpha value is -3.48.